The second kappa shape index (κ2) is 5.00. The standard InChI is InChI=1S/C15H10BrNO2S/c1-8-4-10(6-11(16)5-8)14-17-12-3-2-9(15(18)19)7-13(12)20-14/h2-7H,1H3,(H,18,19). The average Bonchev–Trinajstić information content (AvgIpc) is 2.80. The molecule has 0 spiro atoms. The lowest BCUT2D eigenvalue weighted by atomic mass is 10.1. The first-order valence-electron chi connectivity index (χ1n) is 5.94. The summed E-state index contributed by atoms with van der Waals surface area (Å²) in [7, 11) is 0. The minimum Gasteiger partial charge on any atom is -0.478 e. The number of carboxylic acids is 1. The van der Waals surface area contributed by atoms with E-state index in [0.717, 1.165) is 30.8 Å². The first-order chi connectivity index (χ1) is 9.52. The van der Waals surface area contributed by atoms with E-state index in [1.165, 1.54) is 11.3 Å². The van der Waals surface area contributed by atoms with Crippen molar-refractivity contribution in [2.75, 3.05) is 0 Å². The molecule has 0 aliphatic rings. The molecule has 0 atom stereocenters. The minimum atomic E-state index is -0.917. The predicted molar refractivity (Wildman–Crippen MR) is 84.5 cm³/mol. The molecule has 2 aromatic carbocycles. The van der Waals surface area contributed by atoms with E-state index >= 15 is 0 Å². The zero-order valence-corrected chi connectivity index (χ0v) is 13.0. The molecule has 1 N–H and O–H groups in total. The number of aromatic nitrogens is 1. The van der Waals surface area contributed by atoms with E-state index in [0.29, 0.717) is 0 Å². The minimum absolute atomic E-state index is 0.290. The maximum atomic E-state index is 11.0. The predicted octanol–water partition coefficient (Wildman–Crippen LogP) is 4.73. The molecular weight excluding hydrogens is 338 g/mol. The van der Waals surface area contributed by atoms with Crippen LogP contribution in [0.5, 0.6) is 0 Å². The number of fused-ring (bicyclic) bond motifs is 1. The van der Waals surface area contributed by atoms with Gasteiger partial charge in [0.2, 0.25) is 0 Å². The lowest BCUT2D eigenvalue weighted by molar-refractivity contribution is 0.0697. The van der Waals surface area contributed by atoms with Gasteiger partial charge >= 0.3 is 5.97 Å². The molecule has 0 amide bonds. The Morgan fingerprint density at radius 2 is 2.05 bits per heavy atom. The molecule has 0 bridgehead atoms. The van der Waals surface area contributed by atoms with Gasteiger partial charge in [-0.3, -0.25) is 0 Å². The van der Waals surface area contributed by atoms with Crippen molar-refractivity contribution in [1.29, 1.82) is 0 Å². The van der Waals surface area contributed by atoms with Gasteiger partial charge in [-0.25, -0.2) is 9.78 Å². The summed E-state index contributed by atoms with van der Waals surface area (Å²) in [6.45, 7) is 2.03. The molecule has 20 heavy (non-hydrogen) atoms. The summed E-state index contributed by atoms with van der Waals surface area (Å²) < 4.78 is 1.90. The van der Waals surface area contributed by atoms with Crippen molar-refractivity contribution in [3.05, 3.63) is 52.0 Å². The van der Waals surface area contributed by atoms with Crippen LogP contribution in [-0.4, -0.2) is 16.1 Å². The molecular formula is C15H10BrNO2S. The highest BCUT2D eigenvalue weighted by atomic mass is 79.9. The first-order valence-corrected chi connectivity index (χ1v) is 7.55. The zero-order valence-electron chi connectivity index (χ0n) is 10.6. The lowest BCUT2D eigenvalue weighted by Crippen LogP contribution is -1.94. The normalized spacial score (nSPS) is 10.9. The number of thiazole rings is 1. The van der Waals surface area contributed by atoms with E-state index in [-0.39, 0.29) is 5.56 Å². The molecule has 3 aromatic rings. The number of carboxylic acid groups (broad SMARTS) is 1. The van der Waals surface area contributed by atoms with Gasteiger partial charge in [0.15, 0.2) is 0 Å². The fourth-order valence-electron chi connectivity index (χ4n) is 2.04. The number of aryl methyl sites for hydroxylation is 1. The van der Waals surface area contributed by atoms with Crippen molar-refractivity contribution in [2.45, 2.75) is 6.92 Å². The van der Waals surface area contributed by atoms with Gasteiger partial charge in [-0.2, -0.15) is 0 Å². The maximum absolute atomic E-state index is 11.0. The third-order valence-electron chi connectivity index (χ3n) is 2.92. The molecule has 1 aromatic heterocycles. The molecule has 0 radical (unpaired) electrons. The monoisotopic (exact) mass is 347 g/mol. The molecule has 1 heterocycles. The van der Waals surface area contributed by atoms with E-state index in [9.17, 15) is 4.79 Å². The Morgan fingerprint density at radius 3 is 2.75 bits per heavy atom. The molecule has 0 aliphatic carbocycles. The Bertz CT molecular complexity index is 806. The van der Waals surface area contributed by atoms with E-state index < -0.39 is 5.97 Å². The van der Waals surface area contributed by atoms with Crippen molar-refractivity contribution >= 4 is 43.5 Å². The Morgan fingerprint density at radius 1 is 1.25 bits per heavy atom. The second-order valence-electron chi connectivity index (χ2n) is 4.52. The number of aromatic carboxylic acids is 1. The van der Waals surface area contributed by atoms with E-state index in [1.54, 1.807) is 18.2 Å². The summed E-state index contributed by atoms with van der Waals surface area (Å²) in [6.07, 6.45) is 0. The van der Waals surface area contributed by atoms with Crippen molar-refractivity contribution in [1.82, 2.24) is 4.98 Å². The maximum Gasteiger partial charge on any atom is 0.335 e. The molecule has 0 unspecified atom stereocenters. The van der Waals surface area contributed by atoms with Crippen LogP contribution in [0.2, 0.25) is 0 Å². The van der Waals surface area contributed by atoms with Gasteiger partial charge in [-0.1, -0.05) is 15.9 Å². The Kier molecular flexibility index (Phi) is 3.31. The van der Waals surface area contributed by atoms with Crippen LogP contribution in [0.25, 0.3) is 20.8 Å². The van der Waals surface area contributed by atoms with Crippen LogP contribution in [0, 0.1) is 6.92 Å². The largest absolute Gasteiger partial charge is 0.478 e. The quantitative estimate of drug-likeness (QED) is 0.728. The molecule has 0 saturated carbocycles. The first kappa shape index (κ1) is 13.3. The summed E-state index contributed by atoms with van der Waals surface area (Å²) in [4.78, 5) is 15.6. The van der Waals surface area contributed by atoms with Crippen LogP contribution in [0.4, 0.5) is 0 Å². The van der Waals surface area contributed by atoms with Crippen LogP contribution < -0.4 is 0 Å². The SMILES string of the molecule is Cc1cc(Br)cc(-c2nc3ccc(C(=O)O)cc3s2)c1. The summed E-state index contributed by atoms with van der Waals surface area (Å²) in [5.41, 5.74) is 3.31. The van der Waals surface area contributed by atoms with Gasteiger partial charge in [-0.15, -0.1) is 11.3 Å². The smallest absolute Gasteiger partial charge is 0.335 e. The van der Waals surface area contributed by atoms with E-state index in [2.05, 4.69) is 27.0 Å². The number of carbonyl (C=O) groups is 1. The zero-order chi connectivity index (χ0) is 14.3. The van der Waals surface area contributed by atoms with Crippen molar-refractivity contribution in [3.8, 4) is 10.6 Å². The molecule has 0 fully saturated rings. The fraction of sp³-hybridized carbons (Fsp3) is 0.0667. The van der Waals surface area contributed by atoms with Crippen LogP contribution >= 0.6 is 27.3 Å². The summed E-state index contributed by atoms with van der Waals surface area (Å²) in [5, 5.41) is 9.91. The summed E-state index contributed by atoms with van der Waals surface area (Å²) in [5.74, 6) is -0.917. The number of benzene rings is 2. The molecule has 100 valence electrons. The Hall–Kier alpha value is -1.72. The Balaban J connectivity index is 2.15. The number of rotatable bonds is 2. The second-order valence-corrected chi connectivity index (χ2v) is 6.47. The van der Waals surface area contributed by atoms with Crippen LogP contribution in [0.3, 0.4) is 0 Å². The summed E-state index contributed by atoms with van der Waals surface area (Å²) in [6, 6.07) is 11.1. The van der Waals surface area contributed by atoms with Crippen LogP contribution in [0.15, 0.2) is 40.9 Å². The Labute approximate surface area is 128 Å². The highest BCUT2D eigenvalue weighted by Crippen LogP contribution is 2.32. The molecule has 0 aliphatic heterocycles. The number of nitrogens with zero attached hydrogens (tertiary/aromatic N) is 1. The third kappa shape index (κ3) is 2.46. The topological polar surface area (TPSA) is 50.2 Å². The van der Waals surface area contributed by atoms with Crippen LogP contribution in [-0.2, 0) is 0 Å². The van der Waals surface area contributed by atoms with Gasteiger partial charge in [0, 0.05) is 10.0 Å². The number of hydrogen-bond donors (Lipinski definition) is 1. The summed E-state index contributed by atoms with van der Waals surface area (Å²) >= 11 is 4.99. The number of hydrogen-bond acceptors (Lipinski definition) is 3. The average molecular weight is 348 g/mol. The van der Waals surface area contributed by atoms with Crippen molar-refractivity contribution in [3.63, 3.8) is 0 Å². The third-order valence-corrected chi connectivity index (χ3v) is 4.45. The van der Waals surface area contributed by atoms with Gasteiger partial charge < -0.3 is 5.11 Å². The number of halogens is 1. The van der Waals surface area contributed by atoms with E-state index in [4.69, 9.17) is 5.11 Å². The van der Waals surface area contributed by atoms with E-state index in [1.807, 2.05) is 19.1 Å². The molecule has 5 heteroatoms. The van der Waals surface area contributed by atoms with Gasteiger partial charge in [0.25, 0.3) is 0 Å². The van der Waals surface area contributed by atoms with Crippen molar-refractivity contribution in [2.24, 2.45) is 0 Å². The van der Waals surface area contributed by atoms with Crippen molar-refractivity contribution < 1.29 is 9.90 Å². The fourth-order valence-corrected chi connectivity index (χ4v) is 3.64. The van der Waals surface area contributed by atoms with Gasteiger partial charge in [-0.05, 0) is 48.9 Å². The molecule has 3 rings (SSSR count). The molecule has 0 saturated heterocycles. The lowest BCUT2D eigenvalue weighted by Gasteiger charge is -1.99. The van der Waals surface area contributed by atoms with Gasteiger partial charge in [0.05, 0.1) is 15.8 Å². The highest BCUT2D eigenvalue weighted by molar-refractivity contribution is 9.10. The highest BCUT2D eigenvalue weighted by Gasteiger charge is 2.10. The van der Waals surface area contributed by atoms with Crippen LogP contribution in [0.1, 0.15) is 15.9 Å². The molecule has 3 nitrogen and oxygen atoms in total. The van der Waals surface area contributed by atoms with Gasteiger partial charge in [0.1, 0.15) is 5.01 Å².